The number of nitrogens with zero attached hydrogens (tertiary/aromatic N) is 3. The predicted molar refractivity (Wildman–Crippen MR) is 141 cm³/mol. The molecular weight excluding hydrogens is 518 g/mol. The minimum atomic E-state index is -0.570. The van der Waals surface area contributed by atoms with Crippen molar-refractivity contribution in [1.29, 1.82) is 0 Å². The third kappa shape index (κ3) is 6.74. The first kappa shape index (κ1) is 25.5. The minimum absolute atomic E-state index is 0.0454. The Morgan fingerprint density at radius 1 is 0.892 bits per heavy atom. The summed E-state index contributed by atoms with van der Waals surface area (Å²) >= 11 is 2.46. The van der Waals surface area contributed by atoms with E-state index in [1.54, 1.807) is 41.8 Å². The van der Waals surface area contributed by atoms with Crippen molar-refractivity contribution in [3.63, 3.8) is 0 Å². The Balaban J connectivity index is 1.33. The van der Waals surface area contributed by atoms with Gasteiger partial charge in [0.15, 0.2) is 5.13 Å². The van der Waals surface area contributed by atoms with E-state index in [0.717, 1.165) is 4.90 Å². The summed E-state index contributed by atoms with van der Waals surface area (Å²) in [5.41, 5.74) is 1.49. The Hall–Kier alpha value is -4.62. The topological polar surface area (TPSA) is 157 Å². The first-order chi connectivity index (χ1) is 17.8. The van der Waals surface area contributed by atoms with Crippen molar-refractivity contribution in [2.45, 2.75) is 4.90 Å². The molecule has 37 heavy (non-hydrogen) atoms. The van der Waals surface area contributed by atoms with Crippen LogP contribution in [0.4, 0.5) is 22.2 Å². The highest BCUT2D eigenvalue weighted by Crippen LogP contribution is 2.28. The van der Waals surface area contributed by atoms with E-state index in [0.29, 0.717) is 22.1 Å². The number of nitrogens with one attached hydrogen (secondary N) is 2. The summed E-state index contributed by atoms with van der Waals surface area (Å²) in [7, 11) is 0. The maximum Gasteiger partial charge on any atom is 0.270 e. The van der Waals surface area contributed by atoms with Crippen LogP contribution >= 0.6 is 23.1 Å². The number of amides is 2. The zero-order chi connectivity index (χ0) is 26.4. The zero-order valence-electron chi connectivity index (χ0n) is 18.8. The Morgan fingerprint density at radius 2 is 1.59 bits per heavy atom. The summed E-state index contributed by atoms with van der Waals surface area (Å²) in [4.78, 5) is 50.8. The summed E-state index contributed by atoms with van der Waals surface area (Å²) in [6.45, 7) is 0. The first-order valence-electron chi connectivity index (χ1n) is 10.6. The fraction of sp³-hybridized carbons (Fsp3) is 0.0417. The molecule has 0 aliphatic rings. The summed E-state index contributed by atoms with van der Waals surface area (Å²) in [5, 5.41) is 29.4. The summed E-state index contributed by atoms with van der Waals surface area (Å²) < 4.78 is 0. The van der Waals surface area contributed by atoms with Crippen molar-refractivity contribution in [2.75, 3.05) is 16.4 Å². The van der Waals surface area contributed by atoms with Crippen molar-refractivity contribution >= 4 is 57.1 Å². The smallest absolute Gasteiger partial charge is 0.270 e. The molecule has 1 aromatic heterocycles. The molecule has 2 N–H and O–H groups in total. The number of hydrogen-bond acceptors (Lipinski definition) is 9. The van der Waals surface area contributed by atoms with Crippen molar-refractivity contribution in [3.8, 4) is 11.3 Å². The number of carbonyl (C=O) groups is 2. The lowest BCUT2D eigenvalue weighted by molar-refractivity contribution is -0.385. The number of rotatable bonds is 9. The first-order valence-corrected chi connectivity index (χ1v) is 12.4. The number of carbonyl (C=O) groups excluding carboxylic acids is 2. The van der Waals surface area contributed by atoms with E-state index in [2.05, 4.69) is 15.6 Å². The number of benzene rings is 3. The normalized spacial score (nSPS) is 10.5. The zero-order valence-corrected chi connectivity index (χ0v) is 20.5. The third-order valence-corrected chi connectivity index (χ3v) is 6.64. The van der Waals surface area contributed by atoms with Crippen molar-refractivity contribution in [1.82, 2.24) is 4.98 Å². The van der Waals surface area contributed by atoms with Crippen molar-refractivity contribution < 1.29 is 19.4 Å². The molecule has 0 fully saturated rings. The summed E-state index contributed by atoms with van der Waals surface area (Å²) in [6.07, 6.45) is 0. The van der Waals surface area contributed by atoms with Gasteiger partial charge in [-0.25, -0.2) is 4.98 Å². The number of thioether (sulfide) groups is 1. The molecule has 0 aliphatic heterocycles. The molecule has 0 saturated carbocycles. The molecule has 0 spiro atoms. The molecule has 3 aromatic carbocycles. The molecule has 0 saturated heterocycles. The quantitative estimate of drug-likeness (QED) is 0.159. The number of anilines is 2. The standard InChI is InChI=1S/C24H17N5O6S2/c30-22(27-24-26-21(13-37-24)15-4-1-7-18(10-15)28(32)33)14-36-20-9-3-6-17(12-20)25-23(31)16-5-2-8-19(11-16)29(34)35/h1-13H,14H2,(H,25,31)(H,26,27,30). The molecule has 0 atom stereocenters. The second-order valence-electron chi connectivity index (χ2n) is 7.47. The summed E-state index contributed by atoms with van der Waals surface area (Å²) in [5.74, 6) is -0.712. The van der Waals surface area contributed by atoms with Gasteiger partial charge in [0, 0.05) is 51.4 Å². The van der Waals surface area contributed by atoms with E-state index in [1.165, 1.54) is 59.5 Å². The Bertz CT molecular complexity index is 1510. The highest BCUT2D eigenvalue weighted by atomic mass is 32.2. The average Bonchev–Trinajstić information content (AvgIpc) is 3.36. The van der Waals surface area contributed by atoms with Crippen LogP contribution in [0.15, 0.2) is 83.1 Å². The van der Waals surface area contributed by atoms with Gasteiger partial charge in [0.25, 0.3) is 17.3 Å². The van der Waals surface area contributed by atoms with Gasteiger partial charge in [-0.3, -0.25) is 29.8 Å². The van der Waals surface area contributed by atoms with Crippen LogP contribution in [0, 0.1) is 20.2 Å². The lowest BCUT2D eigenvalue weighted by atomic mass is 10.1. The molecule has 4 aromatic rings. The predicted octanol–water partition coefficient (Wildman–Crippen LogP) is 5.61. The number of nitro groups is 2. The maximum absolute atomic E-state index is 12.5. The highest BCUT2D eigenvalue weighted by molar-refractivity contribution is 8.00. The van der Waals surface area contributed by atoms with Crippen LogP contribution in [-0.2, 0) is 4.79 Å². The third-order valence-electron chi connectivity index (χ3n) is 4.88. The van der Waals surface area contributed by atoms with Gasteiger partial charge in [0.1, 0.15) is 0 Å². The van der Waals surface area contributed by atoms with Gasteiger partial charge in [-0.15, -0.1) is 23.1 Å². The number of aromatic nitrogens is 1. The van der Waals surface area contributed by atoms with Gasteiger partial charge in [-0.05, 0) is 24.3 Å². The number of non-ortho nitro benzene ring substituents is 2. The Labute approximate surface area is 217 Å². The summed E-state index contributed by atoms with van der Waals surface area (Å²) in [6, 6.07) is 18.4. The van der Waals surface area contributed by atoms with Crippen molar-refractivity contribution in [2.24, 2.45) is 0 Å². The Morgan fingerprint density at radius 3 is 2.35 bits per heavy atom. The van der Waals surface area contributed by atoms with Gasteiger partial charge in [0.05, 0.1) is 21.3 Å². The molecular formula is C24H17N5O6S2. The van der Waals surface area contributed by atoms with Crippen LogP contribution in [0.2, 0.25) is 0 Å². The molecule has 1 heterocycles. The van der Waals surface area contributed by atoms with Gasteiger partial charge in [0.2, 0.25) is 5.91 Å². The average molecular weight is 536 g/mol. The molecule has 13 heteroatoms. The maximum atomic E-state index is 12.5. The second-order valence-corrected chi connectivity index (χ2v) is 9.38. The van der Waals surface area contributed by atoms with E-state index < -0.39 is 15.8 Å². The molecule has 186 valence electrons. The van der Waals surface area contributed by atoms with Crippen LogP contribution in [0.1, 0.15) is 10.4 Å². The molecule has 4 rings (SSSR count). The lowest BCUT2D eigenvalue weighted by Gasteiger charge is -2.08. The minimum Gasteiger partial charge on any atom is -0.322 e. The van der Waals surface area contributed by atoms with E-state index in [9.17, 15) is 29.8 Å². The van der Waals surface area contributed by atoms with Crippen LogP contribution < -0.4 is 10.6 Å². The fourth-order valence-electron chi connectivity index (χ4n) is 3.17. The molecule has 2 amide bonds. The lowest BCUT2D eigenvalue weighted by Crippen LogP contribution is -2.14. The number of thiazole rings is 1. The number of nitro benzene ring substituents is 2. The van der Waals surface area contributed by atoms with Crippen LogP contribution in [-0.4, -0.2) is 32.4 Å². The van der Waals surface area contributed by atoms with Gasteiger partial charge in [-0.1, -0.05) is 24.3 Å². The van der Waals surface area contributed by atoms with Crippen LogP contribution in [0.5, 0.6) is 0 Å². The van der Waals surface area contributed by atoms with E-state index >= 15 is 0 Å². The fourth-order valence-corrected chi connectivity index (χ4v) is 4.67. The van der Waals surface area contributed by atoms with Gasteiger partial charge >= 0.3 is 0 Å². The second kappa shape index (κ2) is 11.4. The molecule has 0 bridgehead atoms. The van der Waals surface area contributed by atoms with E-state index in [4.69, 9.17) is 0 Å². The molecule has 0 unspecified atom stereocenters. The van der Waals surface area contributed by atoms with Gasteiger partial charge in [-0.2, -0.15) is 0 Å². The largest absolute Gasteiger partial charge is 0.322 e. The van der Waals surface area contributed by atoms with Gasteiger partial charge < -0.3 is 10.6 Å². The monoisotopic (exact) mass is 535 g/mol. The van der Waals surface area contributed by atoms with Crippen molar-refractivity contribution in [3.05, 3.63) is 104 Å². The molecule has 0 radical (unpaired) electrons. The SMILES string of the molecule is O=C(CSc1cccc(NC(=O)c2cccc([N+](=O)[O-])c2)c1)Nc1nc(-c2cccc([N+](=O)[O-])c2)cs1. The van der Waals surface area contributed by atoms with Crippen LogP contribution in [0.25, 0.3) is 11.3 Å². The molecule has 0 aliphatic carbocycles. The van der Waals surface area contributed by atoms with E-state index in [-0.39, 0.29) is 28.6 Å². The number of hydrogen-bond donors (Lipinski definition) is 2. The van der Waals surface area contributed by atoms with E-state index in [1.807, 2.05) is 0 Å². The highest BCUT2D eigenvalue weighted by Gasteiger charge is 2.14. The van der Waals surface area contributed by atoms with Crippen LogP contribution in [0.3, 0.4) is 0 Å². The molecule has 11 nitrogen and oxygen atoms in total. The Kier molecular flexibility index (Phi) is 7.86.